The summed E-state index contributed by atoms with van der Waals surface area (Å²) in [5.74, 6) is -1.56. The van der Waals surface area contributed by atoms with Crippen molar-refractivity contribution in [3.63, 3.8) is 0 Å². The van der Waals surface area contributed by atoms with Crippen molar-refractivity contribution in [2.45, 2.75) is 12.8 Å². The summed E-state index contributed by atoms with van der Waals surface area (Å²) in [5, 5.41) is 10.1. The monoisotopic (exact) mass is 218 g/mol. The second-order valence-corrected chi connectivity index (χ2v) is 3.89. The summed E-state index contributed by atoms with van der Waals surface area (Å²) in [6.45, 7) is 2.10. The number of fused-ring (bicyclic) bond motifs is 1. The fourth-order valence-corrected chi connectivity index (χ4v) is 1.88. The summed E-state index contributed by atoms with van der Waals surface area (Å²) in [7, 11) is 0. The zero-order chi connectivity index (χ0) is 11.7. The van der Waals surface area contributed by atoms with Crippen molar-refractivity contribution in [1.82, 2.24) is 4.98 Å². The van der Waals surface area contributed by atoms with Gasteiger partial charge in [0, 0.05) is 23.1 Å². The van der Waals surface area contributed by atoms with Crippen LogP contribution < -0.4 is 5.73 Å². The highest BCUT2D eigenvalue weighted by atomic mass is 16.4. The molecule has 0 amide bonds. The lowest BCUT2D eigenvalue weighted by Crippen LogP contribution is -2.21. The Labute approximate surface area is 93.1 Å². The average molecular weight is 218 g/mol. The Morgan fingerprint density at radius 3 is 2.88 bits per heavy atom. The molecule has 4 N–H and O–H groups in total. The first-order valence-corrected chi connectivity index (χ1v) is 5.14. The fourth-order valence-electron chi connectivity index (χ4n) is 1.88. The van der Waals surface area contributed by atoms with Crippen LogP contribution in [-0.4, -0.2) is 22.6 Å². The van der Waals surface area contributed by atoms with E-state index in [1.807, 2.05) is 31.2 Å². The Balaban J connectivity index is 2.54. The molecule has 0 spiro atoms. The second-order valence-electron chi connectivity index (χ2n) is 3.89. The third kappa shape index (κ3) is 1.67. The number of aliphatic carboxylic acids is 1. The first-order chi connectivity index (χ1) is 7.63. The number of carboxylic acids is 1. The van der Waals surface area contributed by atoms with E-state index in [2.05, 4.69) is 4.98 Å². The van der Waals surface area contributed by atoms with Gasteiger partial charge in [-0.15, -0.1) is 0 Å². The van der Waals surface area contributed by atoms with Crippen molar-refractivity contribution in [1.29, 1.82) is 0 Å². The van der Waals surface area contributed by atoms with Crippen molar-refractivity contribution in [2.24, 2.45) is 5.73 Å². The number of carbonyl (C=O) groups is 1. The number of benzene rings is 1. The third-order valence-corrected chi connectivity index (χ3v) is 2.81. The SMILES string of the molecule is Cc1cccc2[nH]c(C(CN)C(=O)O)cc12. The number of H-pyrrole nitrogens is 1. The van der Waals surface area contributed by atoms with Crippen molar-refractivity contribution < 1.29 is 9.90 Å². The molecule has 1 unspecified atom stereocenters. The van der Waals surface area contributed by atoms with E-state index in [1.165, 1.54) is 0 Å². The summed E-state index contributed by atoms with van der Waals surface area (Å²) in [5.41, 5.74) is 8.21. The van der Waals surface area contributed by atoms with Crippen LogP contribution in [0.3, 0.4) is 0 Å². The van der Waals surface area contributed by atoms with Gasteiger partial charge in [0.15, 0.2) is 0 Å². The van der Waals surface area contributed by atoms with E-state index in [0.29, 0.717) is 5.69 Å². The van der Waals surface area contributed by atoms with Gasteiger partial charge in [-0.25, -0.2) is 0 Å². The van der Waals surface area contributed by atoms with Gasteiger partial charge in [-0.05, 0) is 24.6 Å². The zero-order valence-electron chi connectivity index (χ0n) is 9.03. The van der Waals surface area contributed by atoms with Crippen LogP contribution in [-0.2, 0) is 4.79 Å². The Morgan fingerprint density at radius 1 is 1.56 bits per heavy atom. The molecule has 0 aliphatic carbocycles. The minimum atomic E-state index is -0.897. The smallest absolute Gasteiger partial charge is 0.313 e. The highest BCUT2D eigenvalue weighted by molar-refractivity contribution is 5.86. The molecule has 1 aromatic heterocycles. The lowest BCUT2D eigenvalue weighted by molar-refractivity contribution is -0.138. The maximum Gasteiger partial charge on any atom is 0.313 e. The number of aryl methyl sites for hydroxylation is 1. The maximum atomic E-state index is 11.0. The van der Waals surface area contributed by atoms with E-state index in [-0.39, 0.29) is 6.54 Å². The largest absolute Gasteiger partial charge is 0.481 e. The summed E-state index contributed by atoms with van der Waals surface area (Å²) in [4.78, 5) is 14.1. The van der Waals surface area contributed by atoms with E-state index in [1.54, 1.807) is 0 Å². The van der Waals surface area contributed by atoms with Crippen LogP contribution in [0.15, 0.2) is 24.3 Å². The van der Waals surface area contributed by atoms with Crippen LogP contribution in [0.2, 0.25) is 0 Å². The first kappa shape index (κ1) is 10.7. The van der Waals surface area contributed by atoms with Crippen LogP contribution in [0.1, 0.15) is 17.2 Å². The molecule has 4 heteroatoms. The number of hydrogen-bond donors (Lipinski definition) is 3. The number of rotatable bonds is 3. The molecule has 1 heterocycles. The van der Waals surface area contributed by atoms with Gasteiger partial charge < -0.3 is 15.8 Å². The second kappa shape index (κ2) is 3.98. The van der Waals surface area contributed by atoms with Crippen molar-refractivity contribution in [3.05, 3.63) is 35.5 Å². The Hall–Kier alpha value is -1.81. The highest BCUT2D eigenvalue weighted by Crippen LogP contribution is 2.23. The number of aromatic amines is 1. The molecular weight excluding hydrogens is 204 g/mol. The minimum Gasteiger partial charge on any atom is -0.481 e. The first-order valence-electron chi connectivity index (χ1n) is 5.14. The fraction of sp³-hybridized carbons (Fsp3) is 0.250. The predicted molar refractivity (Wildman–Crippen MR) is 62.5 cm³/mol. The van der Waals surface area contributed by atoms with E-state index in [4.69, 9.17) is 10.8 Å². The lowest BCUT2D eigenvalue weighted by atomic mass is 10.1. The summed E-state index contributed by atoms with van der Waals surface area (Å²) in [6.07, 6.45) is 0. The van der Waals surface area contributed by atoms with Crippen LogP contribution in [0.4, 0.5) is 0 Å². The van der Waals surface area contributed by atoms with E-state index in [0.717, 1.165) is 16.5 Å². The number of nitrogens with two attached hydrogens (primary N) is 1. The van der Waals surface area contributed by atoms with Gasteiger partial charge in [0.1, 0.15) is 5.92 Å². The highest BCUT2D eigenvalue weighted by Gasteiger charge is 2.20. The molecule has 1 aromatic carbocycles. The summed E-state index contributed by atoms with van der Waals surface area (Å²) < 4.78 is 0. The average Bonchev–Trinajstić information content (AvgIpc) is 2.63. The Morgan fingerprint density at radius 2 is 2.31 bits per heavy atom. The van der Waals surface area contributed by atoms with E-state index >= 15 is 0 Å². The molecule has 0 radical (unpaired) electrons. The molecular formula is C12H14N2O2. The lowest BCUT2D eigenvalue weighted by Gasteiger charge is -2.05. The summed E-state index contributed by atoms with van der Waals surface area (Å²) >= 11 is 0. The van der Waals surface area contributed by atoms with Crippen molar-refractivity contribution >= 4 is 16.9 Å². The van der Waals surface area contributed by atoms with Gasteiger partial charge >= 0.3 is 5.97 Å². The molecule has 16 heavy (non-hydrogen) atoms. The molecule has 2 aromatic rings. The minimum absolute atomic E-state index is 0.0984. The standard InChI is InChI=1S/C12H14N2O2/c1-7-3-2-4-10-8(7)5-11(14-10)9(6-13)12(15)16/h2-5,9,14H,6,13H2,1H3,(H,15,16). The molecule has 0 bridgehead atoms. The van der Waals surface area contributed by atoms with Crippen LogP contribution in [0.5, 0.6) is 0 Å². The van der Waals surface area contributed by atoms with Crippen molar-refractivity contribution in [2.75, 3.05) is 6.54 Å². The van der Waals surface area contributed by atoms with Crippen LogP contribution >= 0.6 is 0 Å². The van der Waals surface area contributed by atoms with Gasteiger partial charge in [-0.2, -0.15) is 0 Å². The Bertz CT molecular complexity index is 531. The molecule has 84 valence electrons. The molecule has 0 aliphatic rings. The van der Waals surface area contributed by atoms with Gasteiger partial charge in [0.25, 0.3) is 0 Å². The number of carboxylic acid groups (broad SMARTS) is 1. The number of hydrogen-bond acceptors (Lipinski definition) is 2. The molecule has 0 fully saturated rings. The Kier molecular flexibility index (Phi) is 2.66. The van der Waals surface area contributed by atoms with Gasteiger partial charge in [-0.3, -0.25) is 4.79 Å². The van der Waals surface area contributed by atoms with Gasteiger partial charge in [0.05, 0.1) is 0 Å². The van der Waals surface area contributed by atoms with Gasteiger partial charge in [-0.1, -0.05) is 12.1 Å². The van der Waals surface area contributed by atoms with E-state index < -0.39 is 11.9 Å². The quantitative estimate of drug-likeness (QED) is 0.732. The van der Waals surface area contributed by atoms with Crippen molar-refractivity contribution in [3.8, 4) is 0 Å². The number of nitrogens with one attached hydrogen (secondary N) is 1. The molecule has 1 atom stereocenters. The molecule has 2 rings (SSSR count). The van der Waals surface area contributed by atoms with Crippen LogP contribution in [0.25, 0.3) is 10.9 Å². The third-order valence-electron chi connectivity index (χ3n) is 2.81. The topological polar surface area (TPSA) is 79.1 Å². The number of aromatic nitrogens is 1. The molecule has 0 saturated carbocycles. The molecule has 0 aliphatic heterocycles. The summed E-state index contributed by atoms with van der Waals surface area (Å²) in [6, 6.07) is 7.74. The molecule has 0 saturated heterocycles. The van der Waals surface area contributed by atoms with Crippen LogP contribution in [0, 0.1) is 6.92 Å². The predicted octanol–water partition coefficient (Wildman–Crippen LogP) is 1.60. The molecule has 4 nitrogen and oxygen atoms in total. The van der Waals surface area contributed by atoms with E-state index in [9.17, 15) is 4.79 Å². The normalized spacial score (nSPS) is 12.9. The van der Waals surface area contributed by atoms with Gasteiger partial charge in [0.2, 0.25) is 0 Å². The maximum absolute atomic E-state index is 11.0. The zero-order valence-corrected chi connectivity index (χ0v) is 9.03.